The van der Waals surface area contributed by atoms with E-state index in [0.29, 0.717) is 24.2 Å². The van der Waals surface area contributed by atoms with Crippen molar-refractivity contribution in [3.05, 3.63) is 47.2 Å². The number of hydrogen-bond acceptors (Lipinski definition) is 5. The van der Waals surface area contributed by atoms with Crippen LogP contribution in [0.2, 0.25) is 0 Å². The molecule has 9 heteroatoms. The lowest BCUT2D eigenvalue weighted by Crippen LogP contribution is -2.47. The molecule has 164 valence electrons. The van der Waals surface area contributed by atoms with Crippen molar-refractivity contribution >= 4 is 17.0 Å². The molecular weight excluding hydrogens is 409 g/mol. The van der Waals surface area contributed by atoms with E-state index in [2.05, 4.69) is 15.0 Å². The number of carbonyl (C=O) groups is 1. The Bertz CT molecular complexity index is 1120. The first-order chi connectivity index (χ1) is 14.7. The number of carbonyl (C=O) groups excluding carboxylic acids is 1. The van der Waals surface area contributed by atoms with E-state index in [1.807, 2.05) is 14.1 Å². The summed E-state index contributed by atoms with van der Waals surface area (Å²) in [4.78, 5) is 21.6. The maximum absolute atomic E-state index is 13.6. The third-order valence-electron chi connectivity index (χ3n) is 5.77. The Labute approximate surface area is 177 Å². The summed E-state index contributed by atoms with van der Waals surface area (Å²) in [6.45, 7) is 2.83. The first-order valence-electron chi connectivity index (χ1n) is 10.1. The van der Waals surface area contributed by atoms with E-state index < -0.39 is 11.7 Å². The Balaban J connectivity index is 1.84. The van der Waals surface area contributed by atoms with Crippen LogP contribution in [0, 0.1) is 6.92 Å². The molecule has 0 bridgehead atoms. The minimum atomic E-state index is -4.56. The van der Waals surface area contributed by atoms with Gasteiger partial charge < -0.3 is 14.3 Å². The highest BCUT2D eigenvalue weighted by Crippen LogP contribution is 2.38. The number of pyridine rings is 1. The number of fused-ring (bicyclic) bond motifs is 1. The number of aryl methyl sites for hydroxylation is 1. The van der Waals surface area contributed by atoms with Crippen molar-refractivity contribution in [2.24, 2.45) is 0 Å². The van der Waals surface area contributed by atoms with Gasteiger partial charge in [-0.1, -0.05) is 23.4 Å². The molecule has 3 heterocycles. The van der Waals surface area contributed by atoms with Gasteiger partial charge in [-0.15, -0.1) is 0 Å². The highest BCUT2D eigenvalue weighted by molar-refractivity contribution is 6.07. The van der Waals surface area contributed by atoms with Crippen LogP contribution < -0.4 is 0 Å². The summed E-state index contributed by atoms with van der Waals surface area (Å²) in [7, 11) is 3.94. The Morgan fingerprint density at radius 1 is 1.26 bits per heavy atom. The van der Waals surface area contributed by atoms with Gasteiger partial charge in [-0.3, -0.25) is 4.79 Å². The van der Waals surface area contributed by atoms with E-state index in [1.54, 1.807) is 11.8 Å². The fraction of sp³-hybridized carbons (Fsp3) is 0.409. The predicted octanol–water partition coefficient (Wildman–Crippen LogP) is 4.38. The third-order valence-corrected chi connectivity index (χ3v) is 5.77. The number of likely N-dealkylation sites (tertiary alicyclic amines) is 1. The van der Waals surface area contributed by atoms with E-state index in [9.17, 15) is 18.0 Å². The van der Waals surface area contributed by atoms with Gasteiger partial charge in [0.2, 0.25) is 0 Å². The average molecular weight is 432 g/mol. The van der Waals surface area contributed by atoms with Gasteiger partial charge in [-0.25, -0.2) is 4.98 Å². The lowest BCUT2D eigenvalue weighted by Gasteiger charge is -2.36. The summed E-state index contributed by atoms with van der Waals surface area (Å²) in [6.07, 6.45) is -2.71. The van der Waals surface area contributed by atoms with Crippen LogP contribution in [-0.4, -0.2) is 59.1 Å². The molecule has 2 aromatic heterocycles. The molecule has 1 aromatic carbocycles. The molecule has 1 amide bonds. The van der Waals surface area contributed by atoms with Gasteiger partial charge in [0.15, 0.2) is 0 Å². The number of piperidine rings is 1. The molecule has 31 heavy (non-hydrogen) atoms. The van der Waals surface area contributed by atoms with Crippen molar-refractivity contribution < 1.29 is 22.5 Å². The predicted molar refractivity (Wildman–Crippen MR) is 110 cm³/mol. The molecule has 1 saturated heterocycles. The largest absolute Gasteiger partial charge is 0.417 e. The van der Waals surface area contributed by atoms with Crippen molar-refractivity contribution in [1.29, 1.82) is 0 Å². The zero-order valence-corrected chi connectivity index (χ0v) is 17.5. The van der Waals surface area contributed by atoms with Crippen LogP contribution >= 0.6 is 0 Å². The van der Waals surface area contributed by atoms with Crippen LogP contribution in [-0.2, 0) is 6.18 Å². The maximum Gasteiger partial charge on any atom is 0.417 e. The summed E-state index contributed by atoms with van der Waals surface area (Å²) in [5.41, 5.74) is -0.109. The van der Waals surface area contributed by atoms with E-state index in [1.165, 1.54) is 24.3 Å². The van der Waals surface area contributed by atoms with E-state index in [4.69, 9.17) is 4.52 Å². The van der Waals surface area contributed by atoms with E-state index in [0.717, 1.165) is 18.9 Å². The Morgan fingerprint density at radius 2 is 2.00 bits per heavy atom. The summed E-state index contributed by atoms with van der Waals surface area (Å²) in [5.74, 6) is -0.254. The van der Waals surface area contributed by atoms with Crippen molar-refractivity contribution in [3.63, 3.8) is 0 Å². The molecule has 1 atom stereocenters. The van der Waals surface area contributed by atoms with Crippen molar-refractivity contribution in [2.75, 3.05) is 27.2 Å². The van der Waals surface area contributed by atoms with Crippen molar-refractivity contribution in [2.45, 2.75) is 32.0 Å². The van der Waals surface area contributed by atoms with Gasteiger partial charge in [0.1, 0.15) is 0 Å². The molecule has 0 saturated carbocycles. The van der Waals surface area contributed by atoms with Gasteiger partial charge in [-0.2, -0.15) is 13.2 Å². The minimum Gasteiger partial charge on any atom is -0.337 e. The zero-order chi connectivity index (χ0) is 22.3. The van der Waals surface area contributed by atoms with Gasteiger partial charge >= 0.3 is 6.18 Å². The highest BCUT2D eigenvalue weighted by Gasteiger charge is 2.35. The monoisotopic (exact) mass is 432 g/mol. The van der Waals surface area contributed by atoms with Crippen LogP contribution in [0.3, 0.4) is 0 Å². The Morgan fingerprint density at radius 3 is 2.71 bits per heavy atom. The summed E-state index contributed by atoms with van der Waals surface area (Å²) < 4.78 is 46.0. The molecule has 6 nitrogen and oxygen atoms in total. The smallest absolute Gasteiger partial charge is 0.337 e. The number of halogens is 3. The number of aromatic nitrogens is 2. The quantitative estimate of drug-likeness (QED) is 0.615. The van der Waals surface area contributed by atoms with Crippen LogP contribution in [0.4, 0.5) is 13.2 Å². The lowest BCUT2D eigenvalue weighted by atomic mass is 9.99. The third kappa shape index (κ3) is 4.01. The van der Waals surface area contributed by atoms with Crippen LogP contribution in [0.5, 0.6) is 0 Å². The number of benzene rings is 1. The second-order valence-corrected chi connectivity index (χ2v) is 8.06. The SMILES string of the molecule is Cc1noc2nc(-c3ccccc3C(F)(F)F)cc(C(=O)N3CCCC(N(C)C)C3)c12. The molecule has 0 aliphatic carbocycles. The Hall–Kier alpha value is -2.94. The molecule has 1 aliphatic rings. The summed E-state index contributed by atoms with van der Waals surface area (Å²) in [5, 5.41) is 4.33. The van der Waals surface area contributed by atoms with Gasteiger partial charge in [0, 0.05) is 24.7 Å². The molecule has 0 radical (unpaired) electrons. The highest BCUT2D eigenvalue weighted by atomic mass is 19.4. The number of nitrogens with zero attached hydrogens (tertiary/aromatic N) is 4. The van der Waals surface area contributed by atoms with Gasteiger partial charge in [-0.05, 0) is 46.0 Å². The van der Waals surface area contributed by atoms with Gasteiger partial charge in [0.25, 0.3) is 11.6 Å². The molecule has 0 spiro atoms. The minimum absolute atomic E-state index is 0.0288. The number of likely N-dealkylation sites (N-methyl/N-ethyl adjacent to an activating group) is 1. The maximum atomic E-state index is 13.6. The number of rotatable bonds is 3. The molecule has 1 unspecified atom stereocenters. The molecule has 1 aliphatic heterocycles. The molecule has 0 N–H and O–H groups in total. The summed E-state index contributed by atoms with van der Waals surface area (Å²) in [6, 6.07) is 6.83. The summed E-state index contributed by atoms with van der Waals surface area (Å²) >= 11 is 0. The molecule has 3 aromatic rings. The number of hydrogen-bond donors (Lipinski definition) is 0. The number of alkyl halides is 3. The second-order valence-electron chi connectivity index (χ2n) is 8.06. The number of amides is 1. The first kappa shape index (κ1) is 21.3. The average Bonchev–Trinajstić information content (AvgIpc) is 3.13. The van der Waals surface area contributed by atoms with Crippen LogP contribution in [0.1, 0.15) is 34.5 Å². The first-order valence-corrected chi connectivity index (χ1v) is 10.1. The molecule has 4 rings (SSSR count). The van der Waals surface area contributed by atoms with Crippen LogP contribution in [0.15, 0.2) is 34.9 Å². The van der Waals surface area contributed by atoms with Crippen LogP contribution in [0.25, 0.3) is 22.4 Å². The normalized spacial score (nSPS) is 17.5. The van der Waals surface area contributed by atoms with Gasteiger partial charge in [0.05, 0.1) is 27.9 Å². The van der Waals surface area contributed by atoms with Crippen molar-refractivity contribution in [1.82, 2.24) is 19.9 Å². The Kier molecular flexibility index (Phi) is 5.47. The lowest BCUT2D eigenvalue weighted by molar-refractivity contribution is -0.137. The molecular formula is C22H23F3N4O2. The standard InChI is InChI=1S/C22H23F3N4O2/c1-13-19-16(21(30)29-10-6-7-14(12-29)28(2)3)11-18(26-20(19)31-27-13)15-8-4-5-9-17(15)22(23,24)25/h4-5,8-9,11,14H,6-7,10,12H2,1-3H3. The topological polar surface area (TPSA) is 62.5 Å². The van der Waals surface area contributed by atoms with Crippen molar-refractivity contribution in [3.8, 4) is 11.3 Å². The fourth-order valence-electron chi connectivity index (χ4n) is 4.09. The van der Waals surface area contributed by atoms with E-state index in [-0.39, 0.29) is 34.5 Å². The fourth-order valence-corrected chi connectivity index (χ4v) is 4.09. The van der Waals surface area contributed by atoms with E-state index >= 15 is 0 Å². The second kappa shape index (κ2) is 7.96. The zero-order valence-electron chi connectivity index (χ0n) is 17.5. The molecule has 1 fully saturated rings.